The van der Waals surface area contributed by atoms with Crippen molar-refractivity contribution < 1.29 is 18.0 Å². The van der Waals surface area contributed by atoms with Crippen molar-refractivity contribution in [3.05, 3.63) is 29.3 Å². The molecule has 0 radical (unpaired) electrons. The molecular weight excluding hydrogens is 275 g/mol. The van der Waals surface area contributed by atoms with Crippen LogP contribution in [0.2, 0.25) is 0 Å². The van der Waals surface area contributed by atoms with Crippen LogP contribution >= 0.6 is 11.8 Å². The zero-order valence-corrected chi connectivity index (χ0v) is 11.8. The molecule has 0 spiro atoms. The summed E-state index contributed by atoms with van der Waals surface area (Å²) in [5, 5.41) is 1.32. The number of benzene rings is 1. The van der Waals surface area contributed by atoms with E-state index in [2.05, 4.69) is 0 Å². The molecule has 0 saturated heterocycles. The van der Waals surface area contributed by atoms with Crippen LogP contribution in [0.3, 0.4) is 0 Å². The molecule has 0 bridgehead atoms. The lowest BCUT2D eigenvalue weighted by Crippen LogP contribution is -2.37. The number of alkyl halides is 3. The van der Waals surface area contributed by atoms with E-state index in [1.807, 2.05) is 37.4 Å². The minimum absolute atomic E-state index is 0.566. The molecule has 1 N–H and O–H groups in total. The molecule has 0 saturated carbocycles. The lowest BCUT2D eigenvalue weighted by molar-refractivity contribution is -0.137. The van der Waals surface area contributed by atoms with Crippen LogP contribution in [0.25, 0.3) is 0 Å². The number of carbonyl (C=O) groups excluding carboxylic acids is 1. The highest BCUT2D eigenvalue weighted by atomic mass is 32.2. The maximum Gasteiger partial charge on any atom is 0.405 e. The summed E-state index contributed by atoms with van der Waals surface area (Å²) in [6, 6.07) is 5.77. The van der Waals surface area contributed by atoms with Gasteiger partial charge in [0.15, 0.2) is 0 Å². The minimum Gasteiger partial charge on any atom is -0.346 e. The molecule has 0 fully saturated rings. The number of rotatable bonds is 4. The van der Waals surface area contributed by atoms with Crippen molar-refractivity contribution in [2.75, 3.05) is 6.54 Å². The molecule has 1 rings (SSSR count). The van der Waals surface area contributed by atoms with E-state index in [9.17, 15) is 18.0 Å². The van der Waals surface area contributed by atoms with Crippen LogP contribution in [-0.4, -0.2) is 23.9 Å². The number of hydrogen-bond acceptors (Lipinski definition) is 2. The molecule has 0 aliphatic rings. The first-order valence-corrected chi connectivity index (χ1v) is 6.65. The zero-order valence-electron chi connectivity index (χ0n) is 11.0. The van der Waals surface area contributed by atoms with Gasteiger partial charge in [0.1, 0.15) is 6.54 Å². The lowest BCUT2D eigenvalue weighted by atomic mass is 10.2. The molecule has 19 heavy (non-hydrogen) atoms. The van der Waals surface area contributed by atoms with Crippen molar-refractivity contribution in [2.45, 2.75) is 37.1 Å². The van der Waals surface area contributed by atoms with E-state index in [1.165, 1.54) is 11.8 Å². The van der Waals surface area contributed by atoms with Crippen LogP contribution in [0, 0.1) is 13.8 Å². The number of nitrogens with one attached hydrogen (secondary N) is 1. The molecule has 0 aromatic heterocycles. The van der Waals surface area contributed by atoms with Gasteiger partial charge in [-0.05, 0) is 32.4 Å². The highest BCUT2D eigenvalue weighted by Gasteiger charge is 2.28. The first kappa shape index (κ1) is 15.9. The number of thioether (sulfide) groups is 1. The summed E-state index contributed by atoms with van der Waals surface area (Å²) >= 11 is 1.26. The fraction of sp³-hybridized carbons (Fsp3) is 0.462. The van der Waals surface area contributed by atoms with Crippen molar-refractivity contribution in [2.24, 2.45) is 0 Å². The van der Waals surface area contributed by atoms with Crippen molar-refractivity contribution in [3.63, 3.8) is 0 Å². The number of hydrogen-bond donors (Lipinski definition) is 1. The van der Waals surface area contributed by atoms with E-state index >= 15 is 0 Å². The van der Waals surface area contributed by atoms with Gasteiger partial charge in [-0.2, -0.15) is 13.2 Å². The number of carbonyl (C=O) groups is 1. The molecule has 0 heterocycles. The minimum atomic E-state index is -4.38. The van der Waals surface area contributed by atoms with Gasteiger partial charge in [0.2, 0.25) is 5.91 Å². The second-order valence-corrected chi connectivity index (χ2v) is 5.74. The Morgan fingerprint density at radius 3 is 2.53 bits per heavy atom. The van der Waals surface area contributed by atoms with E-state index in [4.69, 9.17) is 0 Å². The second-order valence-electron chi connectivity index (χ2n) is 4.36. The normalized spacial score (nSPS) is 13.2. The van der Waals surface area contributed by atoms with Gasteiger partial charge in [0.05, 0.1) is 5.25 Å². The first-order chi connectivity index (χ1) is 8.69. The average Bonchev–Trinajstić information content (AvgIpc) is 2.28. The number of halogens is 3. The predicted octanol–water partition coefficient (Wildman–Crippen LogP) is 3.46. The maximum absolute atomic E-state index is 12.0. The Balaban J connectivity index is 2.59. The van der Waals surface area contributed by atoms with E-state index in [0.717, 1.165) is 16.0 Å². The Bertz CT molecular complexity index is 460. The summed E-state index contributed by atoms with van der Waals surface area (Å²) in [6.45, 7) is 4.18. The molecule has 1 unspecified atom stereocenters. The standard InChI is InChI=1S/C13H16F3NOS/c1-8-4-5-11(9(2)6-8)19-10(3)12(18)17-7-13(14,15)16/h4-6,10H,7H2,1-3H3,(H,17,18). The quantitative estimate of drug-likeness (QED) is 0.861. The molecule has 0 aliphatic heterocycles. The van der Waals surface area contributed by atoms with E-state index in [-0.39, 0.29) is 0 Å². The molecule has 1 atom stereocenters. The largest absolute Gasteiger partial charge is 0.405 e. The smallest absolute Gasteiger partial charge is 0.346 e. The van der Waals surface area contributed by atoms with Crippen molar-refractivity contribution >= 4 is 17.7 Å². The summed E-state index contributed by atoms with van der Waals surface area (Å²) in [5.74, 6) is -0.609. The topological polar surface area (TPSA) is 29.1 Å². The van der Waals surface area contributed by atoms with Gasteiger partial charge in [-0.15, -0.1) is 11.8 Å². The van der Waals surface area contributed by atoms with Crippen LogP contribution < -0.4 is 5.32 Å². The summed E-state index contributed by atoms with van der Waals surface area (Å²) in [7, 11) is 0. The molecule has 1 amide bonds. The second kappa shape index (κ2) is 6.32. The van der Waals surface area contributed by atoms with Gasteiger partial charge < -0.3 is 5.32 Å². The number of aryl methyl sites for hydroxylation is 2. The van der Waals surface area contributed by atoms with Gasteiger partial charge in [-0.3, -0.25) is 4.79 Å². The summed E-state index contributed by atoms with van der Waals surface area (Å²) < 4.78 is 36.0. The Hall–Kier alpha value is -1.17. The molecule has 1 aromatic carbocycles. The lowest BCUT2D eigenvalue weighted by Gasteiger charge is -2.14. The summed E-state index contributed by atoms with van der Waals surface area (Å²) in [6.07, 6.45) is -4.38. The average molecular weight is 291 g/mol. The Labute approximate surface area is 114 Å². The molecule has 6 heteroatoms. The molecular formula is C13H16F3NOS. The molecule has 1 aromatic rings. The van der Waals surface area contributed by atoms with Gasteiger partial charge in [0, 0.05) is 4.90 Å². The maximum atomic E-state index is 12.0. The molecule has 106 valence electrons. The van der Waals surface area contributed by atoms with Crippen molar-refractivity contribution in [1.29, 1.82) is 0 Å². The van der Waals surface area contributed by atoms with Gasteiger partial charge >= 0.3 is 6.18 Å². The third kappa shape index (κ3) is 5.55. The number of amides is 1. The zero-order chi connectivity index (χ0) is 14.6. The van der Waals surface area contributed by atoms with Gasteiger partial charge in [-0.1, -0.05) is 17.7 Å². The van der Waals surface area contributed by atoms with Crippen LogP contribution in [0.5, 0.6) is 0 Å². The SMILES string of the molecule is Cc1ccc(SC(C)C(=O)NCC(F)(F)F)c(C)c1. The van der Waals surface area contributed by atoms with Crippen molar-refractivity contribution in [1.82, 2.24) is 5.32 Å². The van der Waals surface area contributed by atoms with Crippen LogP contribution in [0.1, 0.15) is 18.1 Å². The first-order valence-electron chi connectivity index (χ1n) is 5.77. The van der Waals surface area contributed by atoms with Crippen LogP contribution in [-0.2, 0) is 4.79 Å². The van der Waals surface area contributed by atoms with E-state index in [1.54, 1.807) is 6.92 Å². The van der Waals surface area contributed by atoms with Crippen LogP contribution in [0.15, 0.2) is 23.1 Å². The monoisotopic (exact) mass is 291 g/mol. The molecule has 2 nitrogen and oxygen atoms in total. The third-order valence-electron chi connectivity index (χ3n) is 2.47. The highest BCUT2D eigenvalue weighted by molar-refractivity contribution is 8.00. The Kier molecular flexibility index (Phi) is 5.29. The van der Waals surface area contributed by atoms with Crippen LogP contribution in [0.4, 0.5) is 13.2 Å². The van der Waals surface area contributed by atoms with Gasteiger partial charge in [0.25, 0.3) is 0 Å². The fourth-order valence-electron chi connectivity index (χ4n) is 1.51. The fourth-order valence-corrected chi connectivity index (χ4v) is 2.47. The van der Waals surface area contributed by atoms with Crippen molar-refractivity contribution in [3.8, 4) is 0 Å². The van der Waals surface area contributed by atoms with Gasteiger partial charge in [-0.25, -0.2) is 0 Å². The van der Waals surface area contributed by atoms with E-state index < -0.39 is 23.9 Å². The summed E-state index contributed by atoms with van der Waals surface area (Å²) in [4.78, 5) is 12.4. The predicted molar refractivity (Wildman–Crippen MR) is 70.3 cm³/mol. The van der Waals surface area contributed by atoms with E-state index in [0.29, 0.717) is 0 Å². The third-order valence-corrected chi connectivity index (χ3v) is 3.75. The molecule has 0 aliphatic carbocycles. The Morgan fingerprint density at radius 1 is 1.37 bits per heavy atom. The summed E-state index contributed by atoms with van der Waals surface area (Å²) in [5.41, 5.74) is 2.12. The Morgan fingerprint density at radius 2 is 2.00 bits per heavy atom. The highest BCUT2D eigenvalue weighted by Crippen LogP contribution is 2.27.